The Labute approximate surface area is 121 Å². The first-order valence-electron chi connectivity index (χ1n) is 7.39. The van der Waals surface area contributed by atoms with E-state index in [1.807, 2.05) is 19.9 Å². The molecule has 0 amide bonds. The molecule has 0 aliphatic carbocycles. The molecule has 3 heteroatoms. The summed E-state index contributed by atoms with van der Waals surface area (Å²) in [6.07, 6.45) is 4.54. The monoisotopic (exact) mass is 280 g/mol. The minimum absolute atomic E-state index is 0.246. The molecular formula is C17H25FO2. The van der Waals surface area contributed by atoms with Crippen LogP contribution in [0.5, 0.6) is 5.75 Å². The van der Waals surface area contributed by atoms with E-state index < -0.39 is 0 Å². The highest BCUT2D eigenvalue weighted by Crippen LogP contribution is 2.21. The van der Waals surface area contributed by atoms with E-state index in [1.54, 1.807) is 13.0 Å². The van der Waals surface area contributed by atoms with Crippen LogP contribution in [-0.4, -0.2) is 12.4 Å². The maximum atomic E-state index is 13.6. The van der Waals surface area contributed by atoms with Crippen molar-refractivity contribution in [1.29, 1.82) is 0 Å². The second-order valence-corrected chi connectivity index (χ2v) is 5.73. The van der Waals surface area contributed by atoms with Gasteiger partial charge in [-0.25, -0.2) is 4.39 Å². The summed E-state index contributed by atoms with van der Waals surface area (Å²) in [5, 5.41) is 0. The summed E-state index contributed by atoms with van der Waals surface area (Å²) in [6, 6.07) is 5.08. The van der Waals surface area contributed by atoms with Gasteiger partial charge in [0.1, 0.15) is 5.78 Å². The molecule has 0 spiro atoms. The average molecular weight is 280 g/mol. The lowest BCUT2D eigenvalue weighted by molar-refractivity contribution is -0.117. The number of unbranched alkanes of at least 4 members (excludes halogenated alkanes) is 2. The molecule has 0 heterocycles. The van der Waals surface area contributed by atoms with Gasteiger partial charge < -0.3 is 9.53 Å². The molecule has 0 aliphatic heterocycles. The van der Waals surface area contributed by atoms with Crippen LogP contribution in [-0.2, 0) is 11.2 Å². The molecule has 0 aromatic heterocycles. The van der Waals surface area contributed by atoms with Gasteiger partial charge in [-0.05, 0) is 49.8 Å². The zero-order chi connectivity index (χ0) is 15.0. The van der Waals surface area contributed by atoms with Gasteiger partial charge in [-0.15, -0.1) is 0 Å². The smallest absolute Gasteiger partial charge is 0.165 e. The van der Waals surface area contributed by atoms with Crippen LogP contribution in [0.15, 0.2) is 18.2 Å². The van der Waals surface area contributed by atoms with E-state index in [1.165, 1.54) is 6.07 Å². The number of carbonyl (C=O) groups is 1. The van der Waals surface area contributed by atoms with Crippen LogP contribution in [0.3, 0.4) is 0 Å². The Morgan fingerprint density at radius 1 is 1.25 bits per heavy atom. The Balaban J connectivity index is 2.42. The van der Waals surface area contributed by atoms with Crippen molar-refractivity contribution in [2.75, 3.05) is 6.61 Å². The van der Waals surface area contributed by atoms with E-state index in [0.29, 0.717) is 24.7 Å². The molecule has 0 saturated carbocycles. The third kappa shape index (κ3) is 6.69. The van der Waals surface area contributed by atoms with Crippen molar-refractivity contribution in [3.8, 4) is 5.75 Å². The summed E-state index contributed by atoms with van der Waals surface area (Å²) in [7, 11) is 0. The van der Waals surface area contributed by atoms with Gasteiger partial charge in [0.25, 0.3) is 0 Å². The van der Waals surface area contributed by atoms with Gasteiger partial charge in [-0.1, -0.05) is 26.3 Å². The number of Topliss-reactive ketones (excluding diaryl/α,β-unsaturated/α-hetero) is 1. The molecule has 0 unspecified atom stereocenters. The number of hydrogen-bond acceptors (Lipinski definition) is 2. The lowest BCUT2D eigenvalue weighted by Crippen LogP contribution is -2.06. The van der Waals surface area contributed by atoms with Crippen molar-refractivity contribution in [1.82, 2.24) is 0 Å². The van der Waals surface area contributed by atoms with E-state index in [0.717, 1.165) is 31.2 Å². The number of ether oxygens (including phenoxy) is 1. The Bertz CT molecular complexity index is 427. The third-order valence-corrected chi connectivity index (χ3v) is 3.06. The molecule has 1 aromatic carbocycles. The Morgan fingerprint density at radius 2 is 2.00 bits per heavy atom. The van der Waals surface area contributed by atoms with Crippen molar-refractivity contribution in [2.45, 2.75) is 52.9 Å². The van der Waals surface area contributed by atoms with Crippen molar-refractivity contribution in [3.05, 3.63) is 29.6 Å². The van der Waals surface area contributed by atoms with E-state index in [9.17, 15) is 9.18 Å². The first kappa shape index (κ1) is 16.7. The highest BCUT2D eigenvalue weighted by molar-refractivity contribution is 5.75. The third-order valence-electron chi connectivity index (χ3n) is 3.06. The lowest BCUT2D eigenvalue weighted by atomic mass is 10.0. The number of carbonyl (C=O) groups excluding carboxylic acids is 1. The molecule has 1 rings (SSSR count). The van der Waals surface area contributed by atoms with Crippen LogP contribution in [0.4, 0.5) is 4.39 Å². The zero-order valence-electron chi connectivity index (χ0n) is 12.7. The van der Waals surface area contributed by atoms with E-state index in [2.05, 4.69) is 0 Å². The molecular weight excluding hydrogens is 255 g/mol. The van der Waals surface area contributed by atoms with Crippen LogP contribution in [0, 0.1) is 11.7 Å². The standard InChI is InChI=1S/C17H25FO2/c1-13(2)12-20-17-11-15(9-10-16(17)18)8-6-4-5-7-14(3)19/h9-11,13H,4-8,12H2,1-3H3. The summed E-state index contributed by atoms with van der Waals surface area (Å²) < 4.78 is 19.1. The predicted molar refractivity (Wildman–Crippen MR) is 79.6 cm³/mol. The molecule has 0 atom stereocenters. The molecule has 0 bridgehead atoms. The second kappa shape index (κ2) is 8.72. The Kier molecular flexibility index (Phi) is 7.27. The number of rotatable bonds is 9. The van der Waals surface area contributed by atoms with Crippen LogP contribution >= 0.6 is 0 Å². The summed E-state index contributed by atoms with van der Waals surface area (Å²) in [5.74, 6) is 0.673. The lowest BCUT2D eigenvalue weighted by Gasteiger charge is -2.11. The summed E-state index contributed by atoms with van der Waals surface area (Å²) >= 11 is 0. The number of benzene rings is 1. The highest BCUT2D eigenvalue weighted by Gasteiger charge is 2.06. The fraction of sp³-hybridized carbons (Fsp3) is 0.588. The summed E-state index contributed by atoms with van der Waals surface area (Å²) in [5.41, 5.74) is 1.09. The zero-order valence-corrected chi connectivity index (χ0v) is 12.7. The molecule has 1 aromatic rings. The number of halogens is 1. The minimum Gasteiger partial charge on any atom is -0.490 e. The number of hydrogen-bond donors (Lipinski definition) is 0. The maximum Gasteiger partial charge on any atom is 0.165 e. The quantitative estimate of drug-likeness (QED) is 0.620. The second-order valence-electron chi connectivity index (χ2n) is 5.73. The fourth-order valence-corrected chi connectivity index (χ4v) is 1.95. The summed E-state index contributed by atoms with van der Waals surface area (Å²) in [4.78, 5) is 10.8. The van der Waals surface area contributed by atoms with E-state index >= 15 is 0 Å². The Morgan fingerprint density at radius 3 is 2.65 bits per heavy atom. The topological polar surface area (TPSA) is 26.3 Å². The summed E-state index contributed by atoms with van der Waals surface area (Å²) in [6.45, 7) is 6.23. The van der Waals surface area contributed by atoms with Crippen LogP contribution < -0.4 is 4.74 Å². The van der Waals surface area contributed by atoms with Crippen LogP contribution in [0.25, 0.3) is 0 Å². The largest absolute Gasteiger partial charge is 0.490 e. The molecule has 0 fully saturated rings. The predicted octanol–water partition coefficient (Wildman–Crippen LogP) is 4.55. The van der Waals surface area contributed by atoms with Crippen molar-refractivity contribution in [3.63, 3.8) is 0 Å². The van der Waals surface area contributed by atoms with Gasteiger partial charge in [-0.3, -0.25) is 0 Å². The molecule has 112 valence electrons. The van der Waals surface area contributed by atoms with Crippen LogP contribution in [0.1, 0.15) is 52.0 Å². The van der Waals surface area contributed by atoms with Gasteiger partial charge >= 0.3 is 0 Å². The number of aryl methyl sites for hydroxylation is 1. The number of ketones is 1. The molecule has 0 radical (unpaired) electrons. The SMILES string of the molecule is CC(=O)CCCCCc1ccc(F)c(OCC(C)C)c1. The highest BCUT2D eigenvalue weighted by atomic mass is 19.1. The molecule has 0 N–H and O–H groups in total. The van der Waals surface area contributed by atoms with Gasteiger partial charge in [0.05, 0.1) is 6.61 Å². The van der Waals surface area contributed by atoms with Gasteiger partial charge in [-0.2, -0.15) is 0 Å². The molecule has 0 aliphatic rings. The van der Waals surface area contributed by atoms with Crippen molar-refractivity contribution >= 4 is 5.78 Å². The van der Waals surface area contributed by atoms with Gasteiger partial charge in [0.15, 0.2) is 11.6 Å². The molecule has 2 nitrogen and oxygen atoms in total. The normalized spacial score (nSPS) is 10.8. The average Bonchev–Trinajstić information content (AvgIpc) is 2.38. The molecule has 0 saturated heterocycles. The van der Waals surface area contributed by atoms with Gasteiger partial charge in [0.2, 0.25) is 0 Å². The first-order chi connectivity index (χ1) is 9.49. The van der Waals surface area contributed by atoms with Crippen molar-refractivity contribution in [2.24, 2.45) is 5.92 Å². The fourth-order valence-electron chi connectivity index (χ4n) is 1.95. The minimum atomic E-state index is -0.300. The molecule has 20 heavy (non-hydrogen) atoms. The Hall–Kier alpha value is -1.38. The van der Waals surface area contributed by atoms with Crippen molar-refractivity contribution < 1.29 is 13.9 Å². The van der Waals surface area contributed by atoms with Crippen LogP contribution in [0.2, 0.25) is 0 Å². The van der Waals surface area contributed by atoms with Gasteiger partial charge in [0, 0.05) is 6.42 Å². The maximum absolute atomic E-state index is 13.6. The van der Waals surface area contributed by atoms with E-state index in [-0.39, 0.29) is 11.6 Å². The van der Waals surface area contributed by atoms with E-state index in [4.69, 9.17) is 4.74 Å². The first-order valence-corrected chi connectivity index (χ1v) is 7.39.